The number of benzene rings is 1. The Morgan fingerprint density at radius 2 is 1.90 bits per heavy atom. The van der Waals surface area contributed by atoms with Crippen LogP contribution >= 0.6 is 23.5 Å². The Balaban J connectivity index is 1.80. The zero-order valence-corrected chi connectivity index (χ0v) is 13.1. The largest absolute Gasteiger partial charge is 0.389 e. The first kappa shape index (κ1) is 15.2. The van der Waals surface area contributed by atoms with Crippen LogP contribution in [0, 0.1) is 0 Å². The molecule has 2 heterocycles. The van der Waals surface area contributed by atoms with E-state index in [0.717, 1.165) is 10.7 Å². The normalized spacial score (nSPS) is 36.8. The Bertz CT molecular complexity index is 528. The van der Waals surface area contributed by atoms with E-state index >= 15 is 0 Å². The minimum Gasteiger partial charge on any atom is -0.389 e. The topological polar surface area (TPSA) is 85.1 Å². The summed E-state index contributed by atoms with van der Waals surface area (Å²) in [5.74, 6) is 0. The summed E-state index contributed by atoms with van der Waals surface area (Å²) in [6.07, 6.45) is -2.79. The Hall–Kier alpha value is -0.730. The standard InChI is InChI=1S/C14H18N2O3S2/c1-15-14-16-8-10(18)11(19)12(20-13(8)21-14)9(17)7-5-3-2-4-6-7/h2-6,8-13,17-19H,1H3,(H,15,16)/t8?,9-,10?,11?,12?,13?/m0/s1. The van der Waals surface area contributed by atoms with Crippen LogP contribution in [-0.2, 0) is 0 Å². The number of amidine groups is 1. The van der Waals surface area contributed by atoms with E-state index in [2.05, 4.69) is 10.3 Å². The first-order chi connectivity index (χ1) is 10.1. The number of fused-ring (bicyclic) bond motifs is 1. The van der Waals surface area contributed by atoms with E-state index in [-0.39, 0.29) is 10.6 Å². The average Bonchev–Trinajstić information content (AvgIpc) is 2.94. The lowest BCUT2D eigenvalue weighted by Crippen LogP contribution is -2.52. The summed E-state index contributed by atoms with van der Waals surface area (Å²) < 4.78 is 0.00853. The molecule has 0 radical (unpaired) electrons. The van der Waals surface area contributed by atoms with Crippen LogP contribution in [0.2, 0.25) is 0 Å². The summed E-state index contributed by atoms with van der Waals surface area (Å²) in [7, 11) is 1.78. The fraction of sp³-hybridized carbons (Fsp3) is 0.500. The number of hydrogen-bond acceptors (Lipinski definition) is 7. The molecule has 0 aromatic heterocycles. The third-order valence-corrected chi connectivity index (χ3v) is 6.83. The highest BCUT2D eigenvalue weighted by atomic mass is 32.2. The van der Waals surface area contributed by atoms with Gasteiger partial charge in [0.05, 0.1) is 22.0 Å². The third kappa shape index (κ3) is 2.80. The Morgan fingerprint density at radius 1 is 1.19 bits per heavy atom. The van der Waals surface area contributed by atoms with Crippen LogP contribution in [0.4, 0.5) is 0 Å². The van der Waals surface area contributed by atoms with E-state index in [1.807, 2.05) is 30.3 Å². The number of thioether (sulfide) groups is 2. The summed E-state index contributed by atoms with van der Waals surface area (Å²) in [6, 6.07) is 8.90. The molecule has 1 saturated heterocycles. The summed E-state index contributed by atoms with van der Waals surface area (Å²) in [4.78, 5) is 4.38. The van der Waals surface area contributed by atoms with Gasteiger partial charge in [-0.3, -0.25) is 4.99 Å². The van der Waals surface area contributed by atoms with E-state index in [4.69, 9.17) is 0 Å². The van der Waals surface area contributed by atoms with Crippen molar-refractivity contribution in [1.82, 2.24) is 5.32 Å². The maximum atomic E-state index is 10.5. The number of aliphatic hydroxyl groups excluding tert-OH is 3. The fourth-order valence-electron chi connectivity index (χ4n) is 2.61. The molecule has 1 fully saturated rings. The van der Waals surface area contributed by atoms with E-state index < -0.39 is 23.6 Å². The molecule has 0 bridgehead atoms. The summed E-state index contributed by atoms with van der Waals surface area (Å²) in [5, 5.41) is 34.4. The van der Waals surface area contributed by atoms with Crippen LogP contribution in [0.1, 0.15) is 11.7 Å². The van der Waals surface area contributed by atoms with Crippen molar-refractivity contribution >= 4 is 28.7 Å². The van der Waals surface area contributed by atoms with Gasteiger partial charge >= 0.3 is 0 Å². The molecule has 21 heavy (non-hydrogen) atoms. The van der Waals surface area contributed by atoms with Crippen molar-refractivity contribution in [3.05, 3.63) is 35.9 Å². The molecule has 4 N–H and O–H groups in total. The maximum Gasteiger partial charge on any atom is 0.157 e. The van der Waals surface area contributed by atoms with Crippen LogP contribution in [0.25, 0.3) is 0 Å². The number of aliphatic imine (C=N–C) groups is 1. The second kappa shape index (κ2) is 6.18. The highest BCUT2D eigenvalue weighted by Gasteiger charge is 2.49. The summed E-state index contributed by atoms with van der Waals surface area (Å²) in [5.41, 5.74) is 0.748. The summed E-state index contributed by atoms with van der Waals surface area (Å²) in [6.45, 7) is 0. The number of rotatable bonds is 2. The van der Waals surface area contributed by atoms with Gasteiger partial charge in [0.1, 0.15) is 12.1 Å². The van der Waals surface area contributed by atoms with Gasteiger partial charge in [-0.05, 0) is 5.56 Å². The van der Waals surface area contributed by atoms with E-state index in [1.54, 1.807) is 7.05 Å². The zero-order chi connectivity index (χ0) is 15.0. The average molecular weight is 326 g/mol. The van der Waals surface area contributed by atoms with Crippen molar-refractivity contribution < 1.29 is 15.3 Å². The molecule has 5 nitrogen and oxygen atoms in total. The number of aliphatic hydroxyl groups is 3. The van der Waals surface area contributed by atoms with Crippen molar-refractivity contribution in [2.24, 2.45) is 4.99 Å². The zero-order valence-electron chi connectivity index (χ0n) is 11.5. The molecule has 1 aromatic rings. The Kier molecular flexibility index (Phi) is 4.46. The molecule has 2 aliphatic heterocycles. The SMILES string of the molecule is CNC1=NC2C(S1)SC([C@@H](O)c1ccccc1)C(O)C2O. The van der Waals surface area contributed by atoms with Gasteiger partial charge in [-0.2, -0.15) is 0 Å². The van der Waals surface area contributed by atoms with Crippen molar-refractivity contribution in [2.75, 3.05) is 7.05 Å². The van der Waals surface area contributed by atoms with E-state index in [9.17, 15) is 15.3 Å². The fourth-order valence-corrected chi connectivity index (χ4v) is 5.69. The van der Waals surface area contributed by atoms with Gasteiger partial charge in [-0.15, -0.1) is 11.8 Å². The van der Waals surface area contributed by atoms with E-state index in [0.29, 0.717) is 0 Å². The maximum absolute atomic E-state index is 10.5. The minimum absolute atomic E-state index is 0.00853. The summed E-state index contributed by atoms with van der Waals surface area (Å²) >= 11 is 3.02. The van der Waals surface area contributed by atoms with Gasteiger partial charge in [0, 0.05) is 7.05 Å². The third-order valence-electron chi connectivity index (χ3n) is 3.77. The smallest absolute Gasteiger partial charge is 0.157 e. The Labute approximate surface area is 131 Å². The van der Waals surface area contributed by atoms with Crippen LogP contribution in [0.15, 0.2) is 35.3 Å². The quantitative estimate of drug-likeness (QED) is 0.636. The molecule has 0 spiro atoms. The van der Waals surface area contributed by atoms with Crippen LogP contribution in [0.5, 0.6) is 0 Å². The van der Waals surface area contributed by atoms with Gasteiger partial charge in [0.25, 0.3) is 0 Å². The predicted octanol–water partition coefficient (Wildman–Crippen LogP) is 0.574. The molecule has 0 saturated carbocycles. The number of nitrogens with zero attached hydrogens (tertiary/aromatic N) is 1. The van der Waals surface area contributed by atoms with Crippen molar-refractivity contribution in [1.29, 1.82) is 0 Å². The van der Waals surface area contributed by atoms with Crippen molar-refractivity contribution in [2.45, 2.75) is 34.2 Å². The second-order valence-electron chi connectivity index (χ2n) is 5.10. The molecule has 3 rings (SSSR count). The van der Waals surface area contributed by atoms with Crippen LogP contribution in [0.3, 0.4) is 0 Å². The molecular formula is C14H18N2O3S2. The molecule has 0 amide bonds. The highest BCUT2D eigenvalue weighted by Crippen LogP contribution is 2.47. The Morgan fingerprint density at radius 3 is 2.57 bits per heavy atom. The first-order valence-corrected chi connectivity index (χ1v) is 8.61. The molecule has 1 aromatic carbocycles. The lowest BCUT2D eigenvalue weighted by atomic mass is 9.96. The van der Waals surface area contributed by atoms with Gasteiger partial charge in [0.15, 0.2) is 5.17 Å². The van der Waals surface area contributed by atoms with E-state index in [1.165, 1.54) is 23.5 Å². The molecule has 0 aliphatic carbocycles. The van der Waals surface area contributed by atoms with Crippen molar-refractivity contribution in [3.8, 4) is 0 Å². The van der Waals surface area contributed by atoms with Gasteiger partial charge in [-0.1, -0.05) is 42.1 Å². The van der Waals surface area contributed by atoms with Crippen LogP contribution < -0.4 is 5.32 Å². The molecule has 2 aliphatic rings. The first-order valence-electron chi connectivity index (χ1n) is 6.78. The van der Waals surface area contributed by atoms with Gasteiger partial charge in [-0.25, -0.2) is 0 Å². The lowest BCUT2D eigenvalue weighted by molar-refractivity contribution is -0.0207. The minimum atomic E-state index is -1.01. The molecule has 6 atom stereocenters. The highest BCUT2D eigenvalue weighted by molar-refractivity contribution is 8.25. The predicted molar refractivity (Wildman–Crippen MR) is 86.5 cm³/mol. The van der Waals surface area contributed by atoms with Gasteiger partial charge in [0.2, 0.25) is 0 Å². The van der Waals surface area contributed by atoms with Gasteiger partial charge < -0.3 is 20.6 Å². The lowest BCUT2D eigenvalue weighted by Gasteiger charge is -2.39. The van der Waals surface area contributed by atoms with Crippen molar-refractivity contribution in [3.63, 3.8) is 0 Å². The number of hydrogen-bond donors (Lipinski definition) is 4. The molecule has 7 heteroatoms. The molecule has 5 unspecified atom stereocenters. The van der Waals surface area contributed by atoms with Crippen LogP contribution in [-0.4, -0.2) is 55.6 Å². The monoisotopic (exact) mass is 326 g/mol. The number of nitrogens with one attached hydrogen (secondary N) is 1. The second-order valence-corrected chi connectivity index (χ2v) is 7.85. The molecule has 114 valence electrons. The molecular weight excluding hydrogens is 308 g/mol.